The largest absolute Gasteiger partial charge is 0.335 e. The smallest absolute Gasteiger partial charge is 0.264 e. The van der Waals surface area contributed by atoms with E-state index in [2.05, 4.69) is 31.3 Å². The molecule has 3 nitrogen and oxygen atoms in total. The van der Waals surface area contributed by atoms with Crippen molar-refractivity contribution in [2.75, 3.05) is 13.1 Å². The summed E-state index contributed by atoms with van der Waals surface area (Å²) in [6.07, 6.45) is 0. The van der Waals surface area contributed by atoms with Crippen LogP contribution in [0, 0.1) is 0 Å². The topological polar surface area (TPSA) is 32.3 Å². The second-order valence-corrected chi connectivity index (χ2v) is 6.41. The Morgan fingerprint density at radius 1 is 1.26 bits per heavy atom. The lowest BCUT2D eigenvalue weighted by Crippen LogP contribution is -2.55. The van der Waals surface area contributed by atoms with Crippen molar-refractivity contribution in [2.45, 2.75) is 25.9 Å². The van der Waals surface area contributed by atoms with Crippen molar-refractivity contribution in [2.24, 2.45) is 0 Å². The first-order chi connectivity index (χ1) is 9.13. The molecule has 1 amide bonds. The van der Waals surface area contributed by atoms with Gasteiger partial charge in [-0.1, -0.05) is 18.2 Å². The van der Waals surface area contributed by atoms with Gasteiger partial charge < -0.3 is 10.2 Å². The van der Waals surface area contributed by atoms with Crippen LogP contribution in [0.2, 0.25) is 0 Å². The molecule has 19 heavy (non-hydrogen) atoms. The van der Waals surface area contributed by atoms with Gasteiger partial charge in [0.1, 0.15) is 0 Å². The van der Waals surface area contributed by atoms with E-state index in [1.165, 1.54) is 4.70 Å². The summed E-state index contributed by atoms with van der Waals surface area (Å²) >= 11 is 1.59. The minimum absolute atomic E-state index is 0.168. The summed E-state index contributed by atoms with van der Waals surface area (Å²) in [7, 11) is 0. The lowest BCUT2D eigenvalue weighted by molar-refractivity contribution is 0.0679. The molecule has 0 radical (unpaired) electrons. The third-order valence-corrected chi connectivity index (χ3v) is 4.59. The number of amides is 1. The Bertz CT molecular complexity index is 564. The number of nitrogens with one attached hydrogen (secondary N) is 1. The average molecular weight is 274 g/mol. The van der Waals surface area contributed by atoms with Crippen LogP contribution in [0.4, 0.5) is 0 Å². The Labute approximate surface area is 117 Å². The molecule has 1 aliphatic rings. The Kier molecular flexibility index (Phi) is 3.29. The predicted molar refractivity (Wildman–Crippen MR) is 79.8 cm³/mol. The summed E-state index contributed by atoms with van der Waals surface area (Å²) in [5, 5.41) is 4.61. The van der Waals surface area contributed by atoms with Gasteiger partial charge in [0.2, 0.25) is 0 Å². The van der Waals surface area contributed by atoms with Gasteiger partial charge in [0, 0.05) is 29.9 Å². The van der Waals surface area contributed by atoms with E-state index in [-0.39, 0.29) is 5.91 Å². The average Bonchev–Trinajstić information content (AvgIpc) is 2.80. The fourth-order valence-electron chi connectivity index (χ4n) is 2.74. The normalized spacial score (nSPS) is 23.8. The number of thiophene rings is 1. The van der Waals surface area contributed by atoms with E-state index >= 15 is 0 Å². The van der Waals surface area contributed by atoms with Crippen molar-refractivity contribution < 1.29 is 4.79 Å². The molecule has 1 aromatic carbocycles. The van der Waals surface area contributed by atoms with Gasteiger partial charge >= 0.3 is 0 Å². The summed E-state index contributed by atoms with van der Waals surface area (Å²) in [5.74, 6) is 0.168. The summed E-state index contributed by atoms with van der Waals surface area (Å²) < 4.78 is 1.18. The van der Waals surface area contributed by atoms with E-state index in [4.69, 9.17) is 0 Å². The molecule has 1 aliphatic heterocycles. The molecule has 2 atom stereocenters. The molecule has 0 unspecified atom stereocenters. The molecule has 1 saturated heterocycles. The van der Waals surface area contributed by atoms with Crippen LogP contribution < -0.4 is 5.32 Å². The van der Waals surface area contributed by atoms with Crippen LogP contribution in [-0.4, -0.2) is 36.0 Å². The molecule has 2 heterocycles. The summed E-state index contributed by atoms with van der Waals surface area (Å²) in [6.45, 7) is 5.83. The Balaban J connectivity index is 1.86. The van der Waals surface area contributed by atoms with E-state index in [0.29, 0.717) is 12.1 Å². The van der Waals surface area contributed by atoms with Crippen molar-refractivity contribution >= 4 is 27.3 Å². The number of carbonyl (C=O) groups is 1. The molecule has 1 aromatic heterocycles. The predicted octanol–water partition coefficient (Wildman–Crippen LogP) is 2.72. The molecule has 2 aromatic rings. The highest BCUT2D eigenvalue weighted by Gasteiger charge is 2.26. The number of hydrogen-bond acceptors (Lipinski definition) is 3. The Hall–Kier alpha value is -1.39. The van der Waals surface area contributed by atoms with Crippen molar-refractivity contribution in [1.29, 1.82) is 0 Å². The molecule has 1 fully saturated rings. The van der Waals surface area contributed by atoms with E-state index in [9.17, 15) is 4.79 Å². The molecule has 0 bridgehead atoms. The zero-order valence-electron chi connectivity index (χ0n) is 11.2. The van der Waals surface area contributed by atoms with Crippen LogP contribution in [0.1, 0.15) is 23.5 Å². The maximum Gasteiger partial charge on any atom is 0.264 e. The summed E-state index contributed by atoms with van der Waals surface area (Å²) in [6, 6.07) is 10.9. The fraction of sp³-hybridized carbons (Fsp3) is 0.400. The van der Waals surface area contributed by atoms with Crippen LogP contribution in [0.3, 0.4) is 0 Å². The number of fused-ring (bicyclic) bond motifs is 1. The molecule has 3 rings (SSSR count). The fourth-order valence-corrected chi connectivity index (χ4v) is 3.77. The summed E-state index contributed by atoms with van der Waals surface area (Å²) in [4.78, 5) is 15.4. The molecule has 0 spiro atoms. The van der Waals surface area contributed by atoms with Gasteiger partial charge in [0.25, 0.3) is 5.91 Å². The lowest BCUT2D eigenvalue weighted by atomic mass is 10.1. The standard InChI is InChI=1S/C15H18N2OS/c1-10-8-17(9-11(2)16-10)15(18)14-7-12-5-3-4-6-13(12)19-14/h3-7,10-11,16H,8-9H2,1-2H3/t10-,11+. The maximum absolute atomic E-state index is 12.6. The Morgan fingerprint density at radius 3 is 2.63 bits per heavy atom. The first-order valence-electron chi connectivity index (χ1n) is 6.67. The third-order valence-electron chi connectivity index (χ3n) is 3.48. The monoisotopic (exact) mass is 274 g/mol. The van der Waals surface area contributed by atoms with E-state index < -0.39 is 0 Å². The zero-order chi connectivity index (χ0) is 13.4. The van der Waals surface area contributed by atoms with Gasteiger partial charge in [-0.3, -0.25) is 4.79 Å². The zero-order valence-corrected chi connectivity index (χ0v) is 12.0. The van der Waals surface area contributed by atoms with Crippen molar-refractivity contribution in [1.82, 2.24) is 10.2 Å². The van der Waals surface area contributed by atoms with Gasteiger partial charge in [-0.2, -0.15) is 0 Å². The Morgan fingerprint density at radius 2 is 1.95 bits per heavy atom. The van der Waals surface area contributed by atoms with Crippen LogP contribution in [-0.2, 0) is 0 Å². The molecular formula is C15H18N2OS. The van der Waals surface area contributed by atoms with Gasteiger partial charge in [-0.25, -0.2) is 0 Å². The highest BCUT2D eigenvalue weighted by atomic mass is 32.1. The van der Waals surface area contributed by atoms with E-state index in [0.717, 1.165) is 23.4 Å². The molecule has 1 N–H and O–H groups in total. The van der Waals surface area contributed by atoms with Gasteiger partial charge in [-0.15, -0.1) is 11.3 Å². The maximum atomic E-state index is 12.6. The second-order valence-electron chi connectivity index (χ2n) is 5.33. The number of nitrogens with zero attached hydrogens (tertiary/aromatic N) is 1. The number of piperazine rings is 1. The van der Waals surface area contributed by atoms with Crippen LogP contribution in [0.25, 0.3) is 10.1 Å². The van der Waals surface area contributed by atoms with Crippen molar-refractivity contribution in [3.05, 3.63) is 35.2 Å². The van der Waals surface area contributed by atoms with E-state index in [1.54, 1.807) is 11.3 Å². The SMILES string of the molecule is C[C@@H]1CN(C(=O)c2cc3ccccc3s2)C[C@H](C)N1. The number of carbonyl (C=O) groups excluding carboxylic acids is 1. The first-order valence-corrected chi connectivity index (χ1v) is 7.49. The molecule has 0 saturated carbocycles. The number of hydrogen-bond donors (Lipinski definition) is 1. The van der Waals surface area contributed by atoms with Crippen LogP contribution >= 0.6 is 11.3 Å². The van der Waals surface area contributed by atoms with Crippen molar-refractivity contribution in [3.8, 4) is 0 Å². The van der Waals surface area contributed by atoms with Crippen molar-refractivity contribution in [3.63, 3.8) is 0 Å². The van der Waals surface area contributed by atoms with E-state index in [1.807, 2.05) is 23.1 Å². The van der Waals surface area contributed by atoms with Gasteiger partial charge in [0.05, 0.1) is 4.88 Å². The molecule has 100 valence electrons. The van der Waals surface area contributed by atoms with Crippen LogP contribution in [0.5, 0.6) is 0 Å². The minimum Gasteiger partial charge on any atom is -0.335 e. The van der Waals surface area contributed by atoms with Gasteiger partial charge in [0.15, 0.2) is 0 Å². The second kappa shape index (κ2) is 4.94. The first kappa shape index (κ1) is 12.6. The minimum atomic E-state index is 0.168. The molecule has 0 aliphatic carbocycles. The van der Waals surface area contributed by atoms with Crippen LogP contribution in [0.15, 0.2) is 30.3 Å². The third kappa shape index (κ3) is 2.51. The number of benzene rings is 1. The lowest BCUT2D eigenvalue weighted by Gasteiger charge is -2.35. The van der Waals surface area contributed by atoms with Gasteiger partial charge in [-0.05, 0) is 31.4 Å². The highest BCUT2D eigenvalue weighted by Crippen LogP contribution is 2.26. The highest BCUT2D eigenvalue weighted by molar-refractivity contribution is 7.20. The number of rotatable bonds is 1. The summed E-state index contributed by atoms with van der Waals surface area (Å²) in [5.41, 5.74) is 0. The molecular weight excluding hydrogens is 256 g/mol. The molecule has 4 heteroatoms. The quantitative estimate of drug-likeness (QED) is 0.867.